The first-order chi connectivity index (χ1) is 25.5. The van der Waals surface area contributed by atoms with Gasteiger partial charge in [-0.2, -0.15) is 0 Å². The standard InChI is InChI=1S/C38H30F4N6O4S/c1-17-14-19-15-26(53-32(19)34(43-17)45-33-21-10-11-23(40)31(51-2)22(21)16-38(33,41)42)28-27(35-46-47-37(50)52-35)24(12-7-18-5-8-20(39)9-6-18)44-30-25-4-3-13-48(25)36(49)29(28)30/h5-6,8-11,14-15,25,33H,3-4,7,12-13,16H2,1-2H3,(H,43,45)(H,47,50)/t25?,33-/m1/s1. The van der Waals surface area contributed by atoms with Crippen molar-refractivity contribution in [2.24, 2.45) is 0 Å². The van der Waals surface area contributed by atoms with Crippen LogP contribution in [0, 0.1) is 18.6 Å². The number of amides is 1. The van der Waals surface area contributed by atoms with Gasteiger partial charge in [0, 0.05) is 34.7 Å². The molecule has 6 heterocycles. The fourth-order valence-electron chi connectivity index (χ4n) is 8.03. The summed E-state index contributed by atoms with van der Waals surface area (Å²) in [6, 6.07) is 10.5. The lowest BCUT2D eigenvalue weighted by Crippen LogP contribution is -2.28. The van der Waals surface area contributed by atoms with E-state index in [1.807, 2.05) is 12.1 Å². The topological polar surface area (TPSA) is 126 Å². The number of aromatic amines is 1. The molecule has 1 fully saturated rings. The molecule has 1 unspecified atom stereocenters. The number of thiophene rings is 1. The first-order valence-electron chi connectivity index (χ1n) is 17.1. The van der Waals surface area contributed by atoms with Crippen LogP contribution in [0.15, 0.2) is 57.7 Å². The van der Waals surface area contributed by atoms with Gasteiger partial charge in [0.1, 0.15) is 17.7 Å². The van der Waals surface area contributed by atoms with Crippen LogP contribution in [0.1, 0.15) is 69.1 Å². The Morgan fingerprint density at radius 2 is 1.87 bits per heavy atom. The predicted molar refractivity (Wildman–Crippen MR) is 188 cm³/mol. The van der Waals surface area contributed by atoms with Gasteiger partial charge in [-0.3, -0.25) is 9.78 Å². The van der Waals surface area contributed by atoms with E-state index in [4.69, 9.17) is 14.1 Å². The summed E-state index contributed by atoms with van der Waals surface area (Å²) in [4.78, 5) is 38.7. The lowest BCUT2D eigenvalue weighted by Gasteiger charge is -2.22. The Kier molecular flexibility index (Phi) is 7.69. The summed E-state index contributed by atoms with van der Waals surface area (Å²) in [7, 11) is 1.25. The molecule has 0 radical (unpaired) electrons. The number of rotatable bonds is 8. The fourth-order valence-corrected chi connectivity index (χ4v) is 9.18. The Labute approximate surface area is 302 Å². The number of hydrogen-bond acceptors (Lipinski definition) is 9. The van der Waals surface area contributed by atoms with E-state index in [2.05, 4.69) is 20.5 Å². The predicted octanol–water partition coefficient (Wildman–Crippen LogP) is 7.72. The maximum atomic E-state index is 15.7. The molecule has 10 nitrogen and oxygen atoms in total. The number of carbonyl (C=O) groups excluding carboxylic acids is 1. The molecule has 53 heavy (non-hydrogen) atoms. The van der Waals surface area contributed by atoms with Crippen molar-refractivity contribution in [3.8, 4) is 27.6 Å². The summed E-state index contributed by atoms with van der Waals surface area (Å²) in [6.07, 6.45) is 1.65. The minimum atomic E-state index is -3.30. The highest BCUT2D eigenvalue weighted by Gasteiger charge is 2.50. The molecule has 2 aromatic carbocycles. The van der Waals surface area contributed by atoms with Crippen molar-refractivity contribution in [3.05, 3.63) is 110 Å². The number of fused-ring (bicyclic) bond motifs is 5. The van der Waals surface area contributed by atoms with Gasteiger partial charge in [0.2, 0.25) is 0 Å². The number of alkyl halides is 2. The van der Waals surface area contributed by atoms with E-state index >= 15 is 8.78 Å². The minimum absolute atomic E-state index is 0.0530. The zero-order chi connectivity index (χ0) is 36.8. The Hall–Kier alpha value is -5.57. The number of anilines is 1. The van der Waals surface area contributed by atoms with Gasteiger partial charge < -0.3 is 19.4 Å². The van der Waals surface area contributed by atoms with Crippen molar-refractivity contribution in [2.45, 2.75) is 57.0 Å². The summed E-state index contributed by atoms with van der Waals surface area (Å²) in [5.41, 5.74) is 4.06. The molecule has 15 heteroatoms. The maximum absolute atomic E-state index is 15.7. The van der Waals surface area contributed by atoms with Crippen LogP contribution in [0.3, 0.4) is 0 Å². The van der Waals surface area contributed by atoms with Gasteiger partial charge in [-0.25, -0.2) is 32.4 Å². The third-order valence-electron chi connectivity index (χ3n) is 10.3. The van der Waals surface area contributed by atoms with Gasteiger partial charge >= 0.3 is 5.76 Å². The number of benzene rings is 2. The van der Waals surface area contributed by atoms with Crippen LogP contribution >= 0.6 is 11.3 Å². The monoisotopic (exact) mass is 742 g/mol. The first-order valence-corrected chi connectivity index (χ1v) is 17.9. The number of carbonyl (C=O) groups is 1. The second-order valence-electron chi connectivity index (χ2n) is 13.6. The van der Waals surface area contributed by atoms with Gasteiger partial charge in [-0.1, -0.05) is 18.2 Å². The summed E-state index contributed by atoms with van der Waals surface area (Å²) in [5.74, 6) is -5.44. The number of nitrogens with zero attached hydrogens (tertiary/aromatic N) is 4. The molecule has 0 saturated carbocycles. The number of aryl methyl sites for hydroxylation is 3. The van der Waals surface area contributed by atoms with Crippen molar-refractivity contribution >= 4 is 33.1 Å². The van der Waals surface area contributed by atoms with E-state index in [1.54, 1.807) is 24.0 Å². The van der Waals surface area contributed by atoms with E-state index < -0.39 is 30.0 Å². The highest BCUT2D eigenvalue weighted by Crippen LogP contribution is 2.52. The fraction of sp³-hybridized carbons (Fsp3) is 0.289. The SMILES string of the molecule is COc1c(F)ccc2c1CC(F)(F)[C@@H]2Nc1nc(C)cc2cc(-c3c4c(nc(CCc5ccc(F)cc5)c3-c3n[nH]c(=O)o3)C3CCCN3C4=O)sc12. The first kappa shape index (κ1) is 33.3. The van der Waals surface area contributed by atoms with Crippen molar-refractivity contribution in [2.75, 3.05) is 19.0 Å². The average molecular weight is 743 g/mol. The summed E-state index contributed by atoms with van der Waals surface area (Å²) in [6.45, 7) is 2.31. The van der Waals surface area contributed by atoms with Crippen molar-refractivity contribution in [1.29, 1.82) is 0 Å². The number of H-pyrrole nitrogens is 1. The molecule has 270 valence electrons. The highest BCUT2D eigenvalue weighted by molar-refractivity contribution is 7.23. The number of aromatic nitrogens is 4. The van der Waals surface area contributed by atoms with Crippen LogP contribution < -0.4 is 15.8 Å². The maximum Gasteiger partial charge on any atom is 0.434 e. The number of methoxy groups -OCH3 is 1. The lowest BCUT2D eigenvalue weighted by molar-refractivity contribution is -0.00736. The third-order valence-corrected chi connectivity index (χ3v) is 11.5. The van der Waals surface area contributed by atoms with Gasteiger partial charge in [0.15, 0.2) is 11.6 Å². The molecular weight excluding hydrogens is 713 g/mol. The second-order valence-corrected chi connectivity index (χ2v) is 14.6. The average Bonchev–Trinajstić information content (AvgIpc) is 3.95. The third kappa shape index (κ3) is 5.39. The molecule has 4 aromatic heterocycles. The van der Waals surface area contributed by atoms with E-state index in [-0.39, 0.29) is 46.4 Å². The van der Waals surface area contributed by atoms with Crippen LogP contribution in [0.5, 0.6) is 5.75 Å². The smallest absolute Gasteiger partial charge is 0.434 e. The number of nitrogens with one attached hydrogen (secondary N) is 2. The molecule has 0 bridgehead atoms. The van der Waals surface area contributed by atoms with E-state index in [0.29, 0.717) is 68.1 Å². The normalized spacial score (nSPS) is 18.5. The highest BCUT2D eigenvalue weighted by atomic mass is 32.1. The van der Waals surface area contributed by atoms with Crippen molar-refractivity contribution in [3.63, 3.8) is 0 Å². The van der Waals surface area contributed by atoms with Gasteiger partial charge in [-0.15, -0.1) is 16.4 Å². The Bertz CT molecular complexity index is 2530. The van der Waals surface area contributed by atoms with Gasteiger partial charge in [0.25, 0.3) is 17.7 Å². The molecule has 2 N–H and O–H groups in total. The number of hydrogen-bond donors (Lipinski definition) is 2. The van der Waals surface area contributed by atoms with Crippen molar-refractivity contribution < 1.29 is 31.5 Å². The van der Waals surface area contributed by atoms with Crippen LogP contribution in [0.2, 0.25) is 0 Å². The van der Waals surface area contributed by atoms with E-state index in [1.165, 1.54) is 36.6 Å². The van der Waals surface area contributed by atoms with Crippen LogP contribution in [0.4, 0.5) is 23.4 Å². The van der Waals surface area contributed by atoms with E-state index in [0.717, 1.165) is 24.5 Å². The van der Waals surface area contributed by atoms with Crippen molar-refractivity contribution in [1.82, 2.24) is 25.1 Å². The Morgan fingerprint density at radius 1 is 1.06 bits per heavy atom. The zero-order valence-electron chi connectivity index (χ0n) is 28.4. The minimum Gasteiger partial charge on any atom is -0.493 e. The largest absolute Gasteiger partial charge is 0.493 e. The molecule has 3 aliphatic rings. The molecule has 1 saturated heterocycles. The summed E-state index contributed by atoms with van der Waals surface area (Å²) in [5, 5.41) is 10.2. The molecule has 0 spiro atoms. The molecule has 1 aliphatic carbocycles. The molecule has 2 aliphatic heterocycles. The number of ether oxygens (including phenoxy) is 1. The van der Waals surface area contributed by atoms with Gasteiger partial charge in [-0.05, 0) is 79.5 Å². The van der Waals surface area contributed by atoms with E-state index in [9.17, 15) is 18.4 Å². The molecular formula is C38H30F4N6O4S. The second kappa shape index (κ2) is 12.3. The molecule has 6 aromatic rings. The Morgan fingerprint density at radius 3 is 2.62 bits per heavy atom. The quantitative estimate of drug-likeness (QED) is 0.152. The summed E-state index contributed by atoms with van der Waals surface area (Å²) >= 11 is 1.24. The zero-order valence-corrected chi connectivity index (χ0v) is 29.2. The molecule has 1 amide bonds. The van der Waals surface area contributed by atoms with Crippen LogP contribution in [-0.2, 0) is 19.3 Å². The summed E-state index contributed by atoms with van der Waals surface area (Å²) < 4.78 is 71.0. The van der Waals surface area contributed by atoms with Gasteiger partial charge in [0.05, 0.1) is 40.4 Å². The molecule has 9 rings (SSSR count). The van der Waals surface area contributed by atoms with Crippen LogP contribution in [0.25, 0.3) is 32.0 Å². The number of pyridine rings is 2. The molecule has 2 atom stereocenters. The number of halogens is 4. The van der Waals surface area contributed by atoms with Crippen LogP contribution in [-0.4, -0.2) is 50.5 Å². The Balaban J connectivity index is 1.23. The lowest BCUT2D eigenvalue weighted by atomic mass is 9.93.